The van der Waals surface area contributed by atoms with Gasteiger partial charge < -0.3 is 14.6 Å². The molecular weight excluding hydrogens is 314 g/mol. The van der Waals surface area contributed by atoms with Crippen LogP contribution in [0.1, 0.15) is 19.3 Å². The number of benzene rings is 1. The second-order valence-electron chi connectivity index (χ2n) is 7.35. The quantitative estimate of drug-likeness (QED) is 0.914. The van der Waals surface area contributed by atoms with Crippen LogP contribution in [0, 0.1) is 11.8 Å². The molecule has 3 aliphatic rings. The van der Waals surface area contributed by atoms with Crippen molar-refractivity contribution in [1.29, 1.82) is 0 Å². The van der Waals surface area contributed by atoms with Gasteiger partial charge in [0.1, 0.15) is 12.7 Å². The van der Waals surface area contributed by atoms with Gasteiger partial charge in [-0.15, -0.1) is 0 Å². The minimum atomic E-state index is 0.0873. The summed E-state index contributed by atoms with van der Waals surface area (Å²) in [5.74, 6) is 2.58. The van der Waals surface area contributed by atoms with Crippen LogP contribution in [0.25, 0.3) is 0 Å². The number of piperidine rings is 1. The number of likely N-dealkylation sites (tertiary alicyclic amines) is 1. The molecule has 0 bridgehead atoms. The Morgan fingerprint density at radius 3 is 2.64 bits per heavy atom. The van der Waals surface area contributed by atoms with Gasteiger partial charge in [-0.2, -0.15) is 0 Å². The highest BCUT2D eigenvalue weighted by atomic mass is 16.6. The van der Waals surface area contributed by atoms with E-state index in [9.17, 15) is 5.11 Å². The average molecular weight is 341 g/mol. The maximum atomic E-state index is 9.25. The fourth-order valence-electron chi connectivity index (χ4n) is 3.91. The van der Waals surface area contributed by atoms with Gasteiger partial charge in [0.25, 0.3) is 0 Å². The molecule has 1 fully saturated rings. The zero-order valence-corrected chi connectivity index (χ0v) is 14.6. The van der Waals surface area contributed by atoms with Crippen LogP contribution in [0.15, 0.2) is 48.1 Å². The van der Waals surface area contributed by atoms with E-state index >= 15 is 0 Å². The first-order chi connectivity index (χ1) is 12.3. The van der Waals surface area contributed by atoms with E-state index in [0.29, 0.717) is 25.0 Å². The molecule has 0 aromatic heterocycles. The molecule has 0 radical (unpaired) electrons. The fraction of sp³-hybridized carbons (Fsp3) is 0.524. The van der Waals surface area contributed by atoms with Crippen LogP contribution in [-0.4, -0.2) is 49.0 Å². The standard InChI is InChI=1S/C21H27NO3/c23-14-17-9-11-22(12-10-17)13-16-5-7-18(8-6-16)21-15-24-19-3-1-2-4-20(19)25-21/h1-7,17-18,21,23H,8-15H2/t18?,21-/m1/s1. The van der Waals surface area contributed by atoms with Crippen LogP contribution >= 0.6 is 0 Å². The Morgan fingerprint density at radius 1 is 1.12 bits per heavy atom. The largest absolute Gasteiger partial charge is 0.486 e. The number of para-hydroxylation sites is 2. The lowest BCUT2D eigenvalue weighted by Crippen LogP contribution is -2.37. The zero-order chi connectivity index (χ0) is 17.1. The first kappa shape index (κ1) is 16.7. The van der Waals surface area contributed by atoms with Gasteiger partial charge in [-0.05, 0) is 56.0 Å². The van der Waals surface area contributed by atoms with Crippen molar-refractivity contribution in [1.82, 2.24) is 4.90 Å². The van der Waals surface area contributed by atoms with Gasteiger partial charge in [0.2, 0.25) is 0 Å². The lowest BCUT2D eigenvalue weighted by molar-refractivity contribution is 0.0623. The molecule has 4 rings (SSSR count). The summed E-state index contributed by atoms with van der Waals surface area (Å²) in [5.41, 5.74) is 1.40. The molecule has 0 saturated carbocycles. The molecule has 0 amide bonds. The molecule has 2 aliphatic heterocycles. The number of allylic oxidation sites excluding steroid dienone is 1. The number of rotatable bonds is 4. The van der Waals surface area contributed by atoms with Crippen molar-refractivity contribution in [2.75, 3.05) is 32.8 Å². The smallest absolute Gasteiger partial charge is 0.161 e. The monoisotopic (exact) mass is 341 g/mol. The maximum Gasteiger partial charge on any atom is 0.161 e. The molecule has 1 aromatic carbocycles. The van der Waals surface area contributed by atoms with Crippen molar-refractivity contribution in [3.8, 4) is 11.5 Å². The van der Waals surface area contributed by atoms with Gasteiger partial charge in [0.15, 0.2) is 11.5 Å². The van der Waals surface area contributed by atoms with E-state index < -0.39 is 0 Å². The molecular formula is C21H27NO3. The van der Waals surface area contributed by atoms with E-state index in [4.69, 9.17) is 9.47 Å². The number of hydrogen-bond acceptors (Lipinski definition) is 4. The molecule has 2 heterocycles. The zero-order valence-electron chi connectivity index (χ0n) is 14.6. The molecule has 4 heteroatoms. The van der Waals surface area contributed by atoms with E-state index in [-0.39, 0.29) is 6.10 Å². The first-order valence-corrected chi connectivity index (χ1v) is 9.41. The Balaban J connectivity index is 1.29. The normalized spacial score (nSPS) is 27.2. The van der Waals surface area contributed by atoms with Crippen LogP contribution in [0.5, 0.6) is 11.5 Å². The number of ether oxygens (including phenoxy) is 2. The van der Waals surface area contributed by atoms with Crippen molar-refractivity contribution >= 4 is 0 Å². The Labute approximate surface area is 149 Å². The Kier molecular flexibility index (Phi) is 5.09. The minimum Gasteiger partial charge on any atom is -0.486 e. The van der Waals surface area contributed by atoms with Crippen LogP contribution < -0.4 is 9.47 Å². The highest BCUT2D eigenvalue weighted by Crippen LogP contribution is 2.34. The molecule has 1 aromatic rings. The molecule has 1 aliphatic carbocycles. The van der Waals surface area contributed by atoms with Crippen molar-refractivity contribution in [3.63, 3.8) is 0 Å². The lowest BCUT2D eigenvalue weighted by atomic mass is 9.91. The second kappa shape index (κ2) is 7.63. The summed E-state index contributed by atoms with van der Waals surface area (Å²) in [5, 5.41) is 9.25. The average Bonchev–Trinajstić information content (AvgIpc) is 2.69. The highest BCUT2D eigenvalue weighted by molar-refractivity contribution is 5.41. The molecule has 0 spiro atoms. The molecule has 2 atom stereocenters. The summed E-state index contributed by atoms with van der Waals surface area (Å²) in [6, 6.07) is 7.90. The van der Waals surface area contributed by atoms with Crippen LogP contribution in [0.2, 0.25) is 0 Å². The van der Waals surface area contributed by atoms with Crippen LogP contribution in [0.3, 0.4) is 0 Å². The Morgan fingerprint density at radius 2 is 1.92 bits per heavy atom. The number of fused-ring (bicyclic) bond motifs is 1. The topological polar surface area (TPSA) is 41.9 Å². The third-order valence-electron chi connectivity index (χ3n) is 5.59. The van der Waals surface area contributed by atoms with E-state index in [1.54, 1.807) is 0 Å². The Hall–Kier alpha value is -1.78. The van der Waals surface area contributed by atoms with Crippen molar-refractivity contribution in [2.45, 2.75) is 25.4 Å². The summed E-state index contributed by atoms with van der Waals surface area (Å²) in [6.07, 6.45) is 10.2. The third-order valence-corrected chi connectivity index (χ3v) is 5.59. The van der Waals surface area contributed by atoms with Gasteiger partial charge in [-0.3, -0.25) is 4.90 Å². The van der Waals surface area contributed by atoms with E-state index in [2.05, 4.69) is 23.1 Å². The summed E-state index contributed by atoms with van der Waals surface area (Å²) < 4.78 is 12.0. The van der Waals surface area contributed by atoms with Gasteiger partial charge in [0, 0.05) is 19.1 Å². The molecule has 1 unspecified atom stereocenters. The minimum absolute atomic E-state index is 0.0873. The molecule has 4 nitrogen and oxygen atoms in total. The summed E-state index contributed by atoms with van der Waals surface area (Å²) >= 11 is 0. The summed E-state index contributed by atoms with van der Waals surface area (Å²) in [7, 11) is 0. The Bertz CT molecular complexity index is 646. The van der Waals surface area contributed by atoms with Crippen molar-refractivity contribution in [3.05, 3.63) is 48.1 Å². The molecule has 1 N–H and O–H groups in total. The second-order valence-corrected chi connectivity index (χ2v) is 7.35. The molecule has 134 valence electrons. The number of nitrogens with zero attached hydrogens (tertiary/aromatic N) is 1. The first-order valence-electron chi connectivity index (χ1n) is 9.41. The van der Waals surface area contributed by atoms with Gasteiger partial charge in [-0.1, -0.05) is 30.4 Å². The van der Waals surface area contributed by atoms with Gasteiger partial charge in [-0.25, -0.2) is 0 Å². The summed E-state index contributed by atoms with van der Waals surface area (Å²) in [4.78, 5) is 2.50. The molecule has 25 heavy (non-hydrogen) atoms. The third kappa shape index (κ3) is 3.91. The number of aliphatic hydroxyl groups is 1. The van der Waals surface area contributed by atoms with Crippen molar-refractivity contribution < 1.29 is 14.6 Å². The fourth-order valence-corrected chi connectivity index (χ4v) is 3.91. The van der Waals surface area contributed by atoms with Gasteiger partial charge >= 0.3 is 0 Å². The lowest BCUT2D eigenvalue weighted by Gasteiger charge is -2.33. The summed E-state index contributed by atoms with van der Waals surface area (Å²) in [6.45, 7) is 4.16. The predicted molar refractivity (Wildman–Crippen MR) is 97.9 cm³/mol. The highest BCUT2D eigenvalue weighted by Gasteiger charge is 2.28. The van der Waals surface area contributed by atoms with Gasteiger partial charge in [0.05, 0.1) is 0 Å². The van der Waals surface area contributed by atoms with Crippen LogP contribution in [-0.2, 0) is 0 Å². The van der Waals surface area contributed by atoms with E-state index in [0.717, 1.165) is 50.4 Å². The van der Waals surface area contributed by atoms with Crippen molar-refractivity contribution in [2.24, 2.45) is 11.8 Å². The van der Waals surface area contributed by atoms with Crippen LogP contribution in [0.4, 0.5) is 0 Å². The maximum absolute atomic E-state index is 9.25. The number of hydrogen-bond donors (Lipinski definition) is 1. The molecule has 1 saturated heterocycles. The van der Waals surface area contributed by atoms with E-state index in [1.165, 1.54) is 5.57 Å². The number of aliphatic hydroxyl groups excluding tert-OH is 1. The SMILES string of the molecule is OCC1CCN(CC2=CCC([C@H]3COc4ccccc4O3)C=C2)CC1. The van der Waals surface area contributed by atoms with E-state index in [1.807, 2.05) is 24.3 Å². The predicted octanol–water partition coefficient (Wildman–Crippen LogP) is 3.03.